The van der Waals surface area contributed by atoms with Gasteiger partial charge in [-0.3, -0.25) is 4.79 Å². The normalized spacial score (nSPS) is 15.1. The maximum Gasteiger partial charge on any atom is 0.275 e. The van der Waals surface area contributed by atoms with E-state index in [-0.39, 0.29) is 5.91 Å². The van der Waals surface area contributed by atoms with Crippen molar-refractivity contribution < 1.29 is 4.79 Å². The molecular weight excluding hydrogens is 366 g/mol. The van der Waals surface area contributed by atoms with Gasteiger partial charge in [-0.1, -0.05) is 61.9 Å². The van der Waals surface area contributed by atoms with Crippen molar-refractivity contribution >= 4 is 27.3 Å². The topological polar surface area (TPSA) is 46.1 Å². The number of amides is 1. The molecule has 0 bridgehead atoms. The van der Waals surface area contributed by atoms with Gasteiger partial charge in [0, 0.05) is 24.4 Å². The summed E-state index contributed by atoms with van der Waals surface area (Å²) >= 11 is 1.65. The van der Waals surface area contributed by atoms with E-state index in [1.807, 2.05) is 0 Å². The van der Waals surface area contributed by atoms with Crippen LogP contribution in [0.4, 0.5) is 0 Å². The Labute approximate surface area is 170 Å². The first-order valence-corrected chi connectivity index (χ1v) is 10.9. The number of rotatable bonds is 4. The zero-order valence-electron chi connectivity index (χ0n) is 16.9. The van der Waals surface area contributed by atoms with E-state index in [0.717, 1.165) is 22.2 Å². The smallest absolute Gasteiger partial charge is 0.275 e. The lowest BCUT2D eigenvalue weighted by Crippen LogP contribution is -2.23. The fourth-order valence-corrected chi connectivity index (χ4v) is 5.18. The van der Waals surface area contributed by atoms with Gasteiger partial charge < -0.3 is 4.90 Å². The number of hydrogen-bond acceptors (Lipinski definition) is 4. The number of hydrogen-bond donors (Lipinski definition) is 0. The van der Waals surface area contributed by atoms with Gasteiger partial charge in [-0.2, -0.15) is 5.10 Å². The van der Waals surface area contributed by atoms with Crippen LogP contribution < -0.4 is 0 Å². The van der Waals surface area contributed by atoms with Crippen molar-refractivity contribution in [2.45, 2.75) is 45.4 Å². The van der Waals surface area contributed by atoms with Crippen LogP contribution in [0.25, 0.3) is 20.5 Å². The summed E-state index contributed by atoms with van der Waals surface area (Å²) < 4.78 is 0.968. The van der Waals surface area contributed by atoms with E-state index in [4.69, 9.17) is 0 Å². The summed E-state index contributed by atoms with van der Waals surface area (Å²) in [4.78, 5) is 15.4. The standard InChI is InChI=1S/C23H27N3OS/c1-15-9-11-17(12-10-15)20-14-18-19(13-16-7-5-4-6-8-16)24-25-21(22(18)28-20)23(27)26(2)3/h9-12,14,16H,4-8,13H2,1-3H3. The molecule has 0 aliphatic heterocycles. The minimum absolute atomic E-state index is 0.0842. The van der Waals surface area contributed by atoms with E-state index < -0.39 is 0 Å². The number of benzene rings is 1. The Morgan fingerprint density at radius 1 is 1.11 bits per heavy atom. The van der Waals surface area contributed by atoms with Crippen LogP contribution in [-0.4, -0.2) is 35.1 Å². The van der Waals surface area contributed by atoms with E-state index >= 15 is 0 Å². The fraction of sp³-hybridized carbons (Fsp3) is 0.435. The molecule has 1 aliphatic carbocycles. The lowest BCUT2D eigenvalue weighted by atomic mass is 9.85. The third-order valence-corrected chi connectivity index (χ3v) is 6.87. The van der Waals surface area contributed by atoms with Crippen molar-refractivity contribution in [3.8, 4) is 10.4 Å². The molecule has 1 saturated carbocycles. The molecule has 3 aromatic rings. The summed E-state index contributed by atoms with van der Waals surface area (Å²) in [6.45, 7) is 2.10. The van der Waals surface area contributed by atoms with E-state index in [0.29, 0.717) is 11.6 Å². The monoisotopic (exact) mass is 393 g/mol. The SMILES string of the molecule is Cc1ccc(-c2cc3c(CC4CCCCC4)nnc(C(=O)N(C)C)c3s2)cc1. The Morgan fingerprint density at radius 2 is 1.82 bits per heavy atom. The van der Waals surface area contributed by atoms with Crippen molar-refractivity contribution in [1.29, 1.82) is 0 Å². The molecule has 4 nitrogen and oxygen atoms in total. The Balaban J connectivity index is 1.80. The molecule has 0 N–H and O–H groups in total. The van der Waals surface area contributed by atoms with Crippen molar-refractivity contribution in [2.24, 2.45) is 5.92 Å². The minimum atomic E-state index is -0.0842. The van der Waals surface area contributed by atoms with E-state index in [9.17, 15) is 4.79 Å². The molecule has 4 rings (SSSR count). The van der Waals surface area contributed by atoms with Gasteiger partial charge in [0.1, 0.15) is 0 Å². The number of aryl methyl sites for hydroxylation is 1. The molecule has 0 unspecified atom stereocenters. The summed E-state index contributed by atoms with van der Waals surface area (Å²) in [5.74, 6) is 0.600. The van der Waals surface area contributed by atoms with Gasteiger partial charge in [-0.05, 0) is 30.9 Å². The van der Waals surface area contributed by atoms with Gasteiger partial charge in [0.05, 0.1) is 10.4 Å². The number of aromatic nitrogens is 2. The molecule has 28 heavy (non-hydrogen) atoms. The zero-order valence-corrected chi connectivity index (χ0v) is 17.7. The number of fused-ring (bicyclic) bond motifs is 1. The molecule has 2 heterocycles. The summed E-state index contributed by atoms with van der Waals surface area (Å²) in [5, 5.41) is 10.0. The van der Waals surface area contributed by atoms with Crippen molar-refractivity contribution in [2.75, 3.05) is 14.1 Å². The lowest BCUT2D eigenvalue weighted by Gasteiger charge is -2.21. The van der Waals surface area contributed by atoms with Crippen LogP contribution in [0.5, 0.6) is 0 Å². The molecule has 0 radical (unpaired) electrons. The van der Waals surface area contributed by atoms with Gasteiger partial charge in [-0.15, -0.1) is 16.4 Å². The lowest BCUT2D eigenvalue weighted by molar-refractivity contribution is 0.0823. The van der Waals surface area contributed by atoms with Crippen LogP contribution in [0.3, 0.4) is 0 Å². The number of carbonyl (C=O) groups is 1. The Kier molecular flexibility index (Phi) is 5.44. The number of carbonyl (C=O) groups excluding carboxylic acids is 1. The highest BCUT2D eigenvalue weighted by atomic mass is 32.1. The molecule has 1 aliphatic rings. The van der Waals surface area contributed by atoms with Gasteiger partial charge in [0.2, 0.25) is 0 Å². The average molecular weight is 394 g/mol. The highest BCUT2D eigenvalue weighted by Crippen LogP contribution is 2.38. The Bertz CT molecular complexity index is 985. The summed E-state index contributed by atoms with van der Waals surface area (Å²) in [6.07, 6.45) is 7.49. The first-order chi connectivity index (χ1) is 13.5. The first kappa shape index (κ1) is 19.1. The largest absolute Gasteiger partial charge is 0.343 e. The van der Waals surface area contributed by atoms with E-state index in [2.05, 4.69) is 47.5 Å². The second-order valence-electron chi connectivity index (χ2n) is 8.12. The second kappa shape index (κ2) is 8.00. The maximum atomic E-state index is 12.7. The van der Waals surface area contributed by atoms with Crippen molar-refractivity contribution in [3.05, 3.63) is 47.3 Å². The highest BCUT2D eigenvalue weighted by molar-refractivity contribution is 7.22. The quantitative estimate of drug-likeness (QED) is 0.589. The van der Waals surface area contributed by atoms with Crippen LogP contribution in [-0.2, 0) is 6.42 Å². The van der Waals surface area contributed by atoms with Gasteiger partial charge in [-0.25, -0.2) is 0 Å². The molecule has 146 valence electrons. The van der Waals surface area contributed by atoms with Crippen LogP contribution in [0.2, 0.25) is 0 Å². The summed E-state index contributed by atoms with van der Waals surface area (Å²) in [5.41, 5.74) is 3.94. The van der Waals surface area contributed by atoms with Gasteiger partial charge in [0.25, 0.3) is 5.91 Å². The molecule has 1 amide bonds. The highest BCUT2D eigenvalue weighted by Gasteiger charge is 2.22. The number of nitrogens with zero attached hydrogens (tertiary/aromatic N) is 3. The van der Waals surface area contributed by atoms with Crippen LogP contribution in [0.1, 0.15) is 53.8 Å². The Morgan fingerprint density at radius 3 is 2.50 bits per heavy atom. The van der Waals surface area contributed by atoms with Crippen molar-refractivity contribution in [1.82, 2.24) is 15.1 Å². The third-order valence-electron chi connectivity index (χ3n) is 5.68. The van der Waals surface area contributed by atoms with E-state index in [1.54, 1.807) is 30.3 Å². The van der Waals surface area contributed by atoms with Crippen molar-refractivity contribution in [3.63, 3.8) is 0 Å². The molecule has 1 aromatic carbocycles. The van der Waals surface area contributed by atoms with Gasteiger partial charge in [0.15, 0.2) is 5.69 Å². The minimum Gasteiger partial charge on any atom is -0.343 e. The van der Waals surface area contributed by atoms with Crippen LogP contribution in [0.15, 0.2) is 30.3 Å². The molecule has 2 aromatic heterocycles. The molecule has 0 atom stereocenters. The molecular formula is C23H27N3OS. The molecule has 0 saturated heterocycles. The predicted molar refractivity (Wildman–Crippen MR) is 116 cm³/mol. The van der Waals surface area contributed by atoms with Gasteiger partial charge >= 0.3 is 0 Å². The average Bonchev–Trinajstić information content (AvgIpc) is 3.15. The summed E-state index contributed by atoms with van der Waals surface area (Å²) in [7, 11) is 3.53. The third kappa shape index (κ3) is 3.81. The second-order valence-corrected chi connectivity index (χ2v) is 9.17. The predicted octanol–water partition coefficient (Wildman–Crippen LogP) is 5.49. The Hall–Kier alpha value is -2.27. The zero-order chi connectivity index (χ0) is 19.7. The van der Waals surface area contributed by atoms with E-state index in [1.165, 1.54) is 48.1 Å². The van der Waals surface area contributed by atoms with Crippen LogP contribution in [0, 0.1) is 12.8 Å². The molecule has 1 fully saturated rings. The number of thiophene rings is 1. The maximum absolute atomic E-state index is 12.7. The summed E-state index contributed by atoms with van der Waals surface area (Å²) in [6, 6.07) is 10.8. The molecule has 5 heteroatoms. The first-order valence-electron chi connectivity index (χ1n) is 10.1. The molecule has 0 spiro atoms. The van der Waals surface area contributed by atoms with Crippen LogP contribution >= 0.6 is 11.3 Å². The fourth-order valence-electron chi connectivity index (χ4n) is 4.02.